The largest absolute Gasteiger partial charge is 0.316 e. The van der Waals surface area contributed by atoms with Crippen LogP contribution in [-0.2, 0) is 13.1 Å². The third-order valence-electron chi connectivity index (χ3n) is 3.75. The Labute approximate surface area is 141 Å². The molecule has 0 atom stereocenters. The standard InChI is InChI=1S/C17H15N4O4/c1-20(9-11-5-3-2-4-6-11)10-12-7-13(21(24)25)8-14-15(12)19-17(23)16(22)18-14/h2-8H,1,9-10H2,(H,18,22)(H,19,23). The van der Waals surface area contributed by atoms with Crippen molar-refractivity contribution >= 4 is 16.7 Å². The lowest BCUT2D eigenvalue weighted by Gasteiger charge is -2.17. The molecule has 1 radical (unpaired) electrons. The Bertz CT molecular complexity index is 1040. The number of nitro benzene ring substituents is 1. The first-order valence-corrected chi connectivity index (χ1v) is 7.47. The minimum absolute atomic E-state index is 0.168. The molecule has 0 aliphatic rings. The van der Waals surface area contributed by atoms with E-state index in [1.807, 2.05) is 30.3 Å². The maximum atomic E-state index is 11.6. The molecule has 127 valence electrons. The van der Waals surface area contributed by atoms with Gasteiger partial charge in [0.1, 0.15) is 0 Å². The van der Waals surface area contributed by atoms with Gasteiger partial charge in [0, 0.05) is 32.3 Å². The molecular weight excluding hydrogens is 324 g/mol. The van der Waals surface area contributed by atoms with Crippen LogP contribution in [-0.4, -0.2) is 19.8 Å². The molecule has 1 aromatic heterocycles. The van der Waals surface area contributed by atoms with Crippen molar-refractivity contribution in [3.05, 3.63) is 91.5 Å². The minimum atomic E-state index is -0.852. The molecule has 2 aromatic carbocycles. The van der Waals surface area contributed by atoms with Crippen molar-refractivity contribution in [2.45, 2.75) is 13.1 Å². The number of aromatic amines is 2. The zero-order valence-electron chi connectivity index (χ0n) is 13.2. The van der Waals surface area contributed by atoms with E-state index in [4.69, 9.17) is 0 Å². The molecule has 0 amide bonds. The van der Waals surface area contributed by atoms with Gasteiger partial charge in [-0.05, 0) is 11.1 Å². The molecular formula is C17H15N4O4. The maximum Gasteiger partial charge on any atom is 0.314 e. The number of nitrogens with one attached hydrogen (secondary N) is 2. The summed E-state index contributed by atoms with van der Waals surface area (Å²) < 4.78 is 0. The first-order valence-electron chi connectivity index (χ1n) is 7.47. The number of nitro groups is 1. The Morgan fingerprint density at radius 2 is 1.72 bits per heavy atom. The number of hydrogen-bond donors (Lipinski definition) is 2. The fraction of sp³-hybridized carbons (Fsp3) is 0.118. The summed E-state index contributed by atoms with van der Waals surface area (Å²) in [4.78, 5) is 40.3. The van der Waals surface area contributed by atoms with Crippen molar-refractivity contribution in [1.82, 2.24) is 14.9 Å². The van der Waals surface area contributed by atoms with Crippen molar-refractivity contribution < 1.29 is 4.92 Å². The molecule has 8 heteroatoms. The molecule has 0 saturated carbocycles. The first-order chi connectivity index (χ1) is 11.9. The van der Waals surface area contributed by atoms with Crippen LogP contribution in [0.5, 0.6) is 0 Å². The Balaban J connectivity index is 2.01. The van der Waals surface area contributed by atoms with E-state index < -0.39 is 16.0 Å². The van der Waals surface area contributed by atoms with Gasteiger partial charge in [-0.1, -0.05) is 30.3 Å². The molecule has 0 spiro atoms. The van der Waals surface area contributed by atoms with Crippen LogP contribution in [0.15, 0.2) is 52.1 Å². The van der Waals surface area contributed by atoms with Crippen molar-refractivity contribution in [3.63, 3.8) is 0 Å². The van der Waals surface area contributed by atoms with Crippen molar-refractivity contribution in [1.29, 1.82) is 0 Å². The summed E-state index contributed by atoms with van der Waals surface area (Å²) >= 11 is 0. The Hall–Kier alpha value is -3.26. The highest BCUT2D eigenvalue weighted by Gasteiger charge is 2.15. The molecule has 3 aromatic rings. The van der Waals surface area contributed by atoms with Gasteiger partial charge in [-0.3, -0.25) is 24.6 Å². The van der Waals surface area contributed by atoms with E-state index in [-0.39, 0.29) is 17.7 Å². The van der Waals surface area contributed by atoms with Crippen LogP contribution >= 0.6 is 0 Å². The van der Waals surface area contributed by atoms with Gasteiger partial charge >= 0.3 is 11.1 Å². The summed E-state index contributed by atoms with van der Waals surface area (Å²) in [6.45, 7) is 0.785. The molecule has 0 saturated heterocycles. The molecule has 0 unspecified atom stereocenters. The lowest BCUT2D eigenvalue weighted by atomic mass is 10.1. The van der Waals surface area contributed by atoms with Gasteiger partial charge in [-0.2, -0.15) is 0 Å². The van der Waals surface area contributed by atoms with Crippen LogP contribution in [0.2, 0.25) is 0 Å². The van der Waals surface area contributed by atoms with E-state index in [9.17, 15) is 19.7 Å². The van der Waals surface area contributed by atoms with Crippen LogP contribution in [0.3, 0.4) is 0 Å². The summed E-state index contributed by atoms with van der Waals surface area (Å²) in [6.07, 6.45) is 0. The molecule has 2 N–H and O–H groups in total. The highest BCUT2D eigenvalue weighted by Crippen LogP contribution is 2.23. The molecule has 8 nitrogen and oxygen atoms in total. The molecule has 0 aliphatic carbocycles. The van der Waals surface area contributed by atoms with Gasteiger partial charge in [0.05, 0.1) is 16.0 Å². The lowest BCUT2D eigenvalue weighted by Crippen LogP contribution is -2.29. The zero-order chi connectivity index (χ0) is 18.0. The van der Waals surface area contributed by atoms with E-state index in [0.29, 0.717) is 17.6 Å². The Morgan fingerprint density at radius 3 is 2.40 bits per heavy atom. The van der Waals surface area contributed by atoms with Crippen LogP contribution in [0.1, 0.15) is 11.1 Å². The van der Waals surface area contributed by atoms with Gasteiger partial charge < -0.3 is 9.97 Å². The fourth-order valence-electron chi connectivity index (χ4n) is 2.65. The minimum Gasteiger partial charge on any atom is -0.316 e. The second-order valence-electron chi connectivity index (χ2n) is 5.67. The van der Waals surface area contributed by atoms with Crippen LogP contribution in [0.4, 0.5) is 5.69 Å². The normalized spacial score (nSPS) is 11.1. The van der Waals surface area contributed by atoms with Gasteiger partial charge in [0.15, 0.2) is 0 Å². The highest BCUT2D eigenvalue weighted by atomic mass is 16.6. The van der Waals surface area contributed by atoms with Gasteiger partial charge in [-0.15, -0.1) is 0 Å². The number of H-pyrrole nitrogens is 2. The average Bonchev–Trinajstić information content (AvgIpc) is 2.57. The molecule has 25 heavy (non-hydrogen) atoms. The zero-order valence-corrected chi connectivity index (χ0v) is 13.2. The number of rotatable bonds is 5. The average molecular weight is 339 g/mol. The second-order valence-corrected chi connectivity index (χ2v) is 5.67. The first kappa shape index (κ1) is 16.6. The predicted molar refractivity (Wildman–Crippen MR) is 92.9 cm³/mol. The quantitative estimate of drug-likeness (QED) is 0.419. The van der Waals surface area contributed by atoms with Crippen molar-refractivity contribution in [2.75, 3.05) is 0 Å². The molecule has 0 fully saturated rings. The Kier molecular flexibility index (Phi) is 4.44. The summed E-state index contributed by atoms with van der Waals surface area (Å²) in [7, 11) is 3.95. The number of aromatic nitrogens is 2. The topological polar surface area (TPSA) is 112 Å². The SMILES string of the molecule is [CH2]N(Cc1ccccc1)Cc1cc([N+](=O)[O-])cc2[nH]c(=O)c(=O)[nH]c12. The van der Waals surface area contributed by atoms with Gasteiger partial charge in [0.2, 0.25) is 0 Å². The third-order valence-corrected chi connectivity index (χ3v) is 3.75. The maximum absolute atomic E-state index is 11.6. The predicted octanol–water partition coefficient (Wildman–Crippen LogP) is 1.92. The number of nitrogens with zero attached hydrogens (tertiary/aromatic N) is 2. The summed E-state index contributed by atoms with van der Waals surface area (Å²) in [5, 5.41) is 11.1. The third kappa shape index (κ3) is 3.64. The molecule has 0 bridgehead atoms. The summed E-state index contributed by atoms with van der Waals surface area (Å²) in [5.74, 6) is 0. The number of hydrogen-bond acceptors (Lipinski definition) is 5. The lowest BCUT2D eigenvalue weighted by molar-refractivity contribution is -0.384. The summed E-state index contributed by atoms with van der Waals surface area (Å²) in [6, 6.07) is 12.2. The fourth-order valence-corrected chi connectivity index (χ4v) is 2.65. The monoisotopic (exact) mass is 339 g/mol. The second kappa shape index (κ2) is 6.70. The Morgan fingerprint density at radius 1 is 1.04 bits per heavy atom. The van der Waals surface area contributed by atoms with Gasteiger partial charge in [-0.25, -0.2) is 0 Å². The van der Waals surface area contributed by atoms with Gasteiger partial charge in [0.25, 0.3) is 5.69 Å². The molecule has 1 heterocycles. The van der Waals surface area contributed by atoms with E-state index in [1.54, 1.807) is 4.90 Å². The number of non-ortho nitro benzene ring substituents is 1. The molecule has 0 aliphatic heterocycles. The van der Waals surface area contributed by atoms with Crippen LogP contribution < -0.4 is 11.1 Å². The van der Waals surface area contributed by atoms with Crippen molar-refractivity contribution in [2.24, 2.45) is 0 Å². The molecule has 3 rings (SSSR count). The van der Waals surface area contributed by atoms with E-state index in [0.717, 1.165) is 5.56 Å². The smallest absolute Gasteiger partial charge is 0.314 e. The summed E-state index contributed by atoms with van der Waals surface area (Å²) in [5.41, 5.74) is 0.283. The number of fused-ring (bicyclic) bond motifs is 1. The van der Waals surface area contributed by atoms with Crippen LogP contribution in [0, 0.1) is 17.2 Å². The van der Waals surface area contributed by atoms with E-state index in [2.05, 4.69) is 17.0 Å². The highest BCUT2D eigenvalue weighted by molar-refractivity contribution is 5.80. The van der Waals surface area contributed by atoms with E-state index in [1.165, 1.54) is 12.1 Å². The van der Waals surface area contributed by atoms with Crippen LogP contribution in [0.25, 0.3) is 11.0 Å². The van der Waals surface area contributed by atoms with Crippen molar-refractivity contribution in [3.8, 4) is 0 Å². The number of benzene rings is 2. The van der Waals surface area contributed by atoms with E-state index >= 15 is 0 Å².